The molecule has 2 N–H and O–H groups in total. The largest absolute Gasteiger partial charge is 0.325 e. The number of halogens is 2. The van der Waals surface area contributed by atoms with Crippen molar-refractivity contribution in [1.82, 2.24) is 10.2 Å². The maximum atomic E-state index is 12.0. The zero-order valence-electron chi connectivity index (χ0n) is 10.9. The molecule has 19 heavy (non-hydrogen) atoms. The molecule has 1 fully saturated rings. The Balaban J connectivity index is 0.00000180. The van der Waals surface area contributed by atoms with Gasteiger partial charge in [0, 0.05) is 34.9 Å². The minimum Gasteiger partial charge on any atom is -0.325 e. The normalized spacial score (nSPS) is 19.6. The van der Waals surface area contributed by atoms with E-state index < -0.39 is 0 Å². The number of carbonyl (C=O) groups is 1. The molecule has 0 spiro atoms. The van der Waals surface area contributed by atoms with Crippen molar-refractivity contribution < 1.29 is 4.79 Å². The maximum absolute atomic E-state index is 12.0. The van der Waals surface area contributed by atoms with E-state index >= 15 is 0 Å². The molecule has 1 aromatic rings. The van der Waals surface area contributed by atoms with Crippen LogP contribution < -0.4 is 10.6 Å². The van der Waals surface area contributed by atoms with Crippen LogP contribution in [0.5, 0.6) is 0 Å². The maximum Gasteiger partial charge on any atom is 0.238 e. The van der Waals surface area contributed by atoms with Crippen molar-refractivity contribution in [2.75, 3.05) is 31.5 Å². The SMILES string of the molecule is C[C@H]1CNCCN1CC(=O)Nc1cccc(I)c1.Cl. The van der Waals surface area contributed by atoms with Gasteiger partial charge in [-0.05, 0) is 47.7 Å². The Morgan fingerprint density at radius 3 is 3.05 bits per heavy atom. The summed E-state index contributed by atoms with van der Waals surface area (Å²) in [5, 5.41) is 6.27. The Morgan fingerprint density at radius 1 is 1.58 bits per heavy atom. The molecule has 106 valence electrons. The smallest absolute Gasteiger partial charge is 0.238 e. The van der Waals surface area contributed by atoms with Crippen LogP contribution in [-0.4, -0.2) is 43.0 Å². The molecule has 1 saturated heterocycles. The van der Waals surface area contributed by atoms with Crippen molar-refractivity contribution in [3.8, 4) is 0 Å². The van der Waals surface area contributed by atoms with Gasteiger partial charge in [0.05, 0.1) is 6.54 Å². The molecule has 0 bridgehead atoms. The van der Waals surface area contributed by atoms with Gasteiger partial charge in [-0.15, -0.1) is 12.4 Å². The summed E-state index contributed by atoms with van der Waals surface area (Å²) >= 11 is 2.24. The molecule has 2 rings (SSSR count). The van der Waals surface area contributed by atoms with Crippen LogP contribution in [0.1, 0.15) is 6.92 Å². The monoisotopic (exact) mass is 395 g/mol. The van der Waals surface area contributed by atoms with Gasteiger partial charge in [-0.1, -0.05) is 6.07 Å². The minimum absolute atomic E-state index is 0. The molecule has 1 amide bonds. The van der Waals surface area contributed by atoms with E-state index in [1.807, 2.05) is 24.3 Å². The lowest BCUT2D eigenvalue weighted by Gasteiger charge is -2.33. The highest BCUT2D eigenvalue weighted by Crippen LogP contribution is 2.12. The fraction of sp³-hybridized carbons (Fsp3) is 0.462. The van der Waals surface area contributed by atoms with Gasteiger partial charge in [0.2, 0.25) is 5.91 Å². The van der Waals surface area contributed by atoms with E-state index in [4.69, 9.17) is 0 Å². The molecule has 6 heteroatoms. The summed E-state index contributed by atoms with van der Waals surface area (Å²) in [6.07, 6.45) is 0. The average molecular weight is 396 g/mol. The Labute approximate surface area is 133 Å². The van der Waals surface area contributed by atoms with Crippen LogP contribution >= 0.6 is 35.0 Å². The van der Waals surface area contributed by atoms with Gasteiger partial charge in [-0.2, -0.15) is 0 Å². The van der Waals surface area contributed by atoms with Gasteiger partial charge in [0.15, 0.2) is 0 Å². The van der Waals surface area contributed by atoms with E-state index in [1.165, 1.54) is 0 Å². The van der Waals surface area contributed by atoms with E-state index in [0.29, 0.717) is 12.6 Å². The van der Waals surface area contributed by atoms with Crippen molar-refractivity contribution in [2.45, 2.75) is 13.0 Å². The predicted octanol–water partition coefficient (Wildman–Crippen LogP) is 1.95. The Kier molecular flexibility index (Phi) is 7.06. The van der Waals surface area contributed by atoms with Crippen molar-refractivity contribution in [3.63, 3.8) is 0 Å². The summed E-state index contributed by atoms with van der Waals surface area (Å²) in [5.41, 5.74) is 0.870. The van der Waals surface area contributed by atoms with Gasteiger partial charge in [0.1, 0.15) is 0 Å². The third-order valence-electron chi connectivity index (χ3n) is 3.09. The Bertz CT molecular complexity index is 430. The lowest BCUT2D eigenvalue weighted by molar-refractivity contribution is -0.118. The standard InChI is InChI=1S/C13H18IN3O.ClH/c1-10-8-15-5-6-17(10)9-13(18)16-12-4-2-3-11(14)7-12;/h2-4,7,10,15H,5-6,8-9H2,1H3,(H,16,18);1H/t10-;/m0./s1. The summed E-state index contributed by atoms with van der Waals surface area (Å²) < 4.78 is 1.13. The summed E-state index contributed by atoms with van der Waals surface area (Å²) in [7, 11) is 0. The van der Waals surface area contributed by atoms with Gasteiger partial charge in [-0.25, -0.2) is 0 Å². The van der Waals surface area contributed by atoms with E-state index in [2.05, 4.69) is 45.0 Å². The first-order valence-electron chi connectivity index (χ1n) is 6.15. The van der Waals surface area contributed by atoms with Crippen LogP contribution in [0, 0.1) is 3.57 Å². The van der Waals surface area contributed by atoms with E-state index in [9.17, 15) is 4.79 Å². The fourth-order valence-electron chi connectivity index (χ4n) is 2.07. The number of amides is 1. The molecule has 1 heterocycles. The van der Waals surface area contributed by atoms with Crippen molar-refractivity contribution >= 4 is 46.6 Å². The van der Waals surface area contributed by atoms with Crippen molar-refractivity contribution in [3.05, 3.63) is 27.8 Å². The summed E-state index contributed by atoms with van der Waals surface area (Å²) in [6.45, 7) is 5.46. The van der Waals surface area contributed by atoms with Gasteiger partial charge < -0.3 is 10.6 Å². The van der Waals surface area contributed by atoms with Crippen LogP contribution in [0.4, 0.5) is 5.69 Å². The number of carbonyl (C=O) groups excluding carboxylic acids is 1. The van der Waals surface area contributed by atoms with Crippen LogP contribution in [0.15, 0.2) is 24.3 Å². The zero-order chi connectivity index (χ0) is 13.0. The third kappa shape index (κ3) is 5.25. The molecule has 4 nitrogen and oxygen atoms in total. The number of anilines is 1. The number of rotatable bonds is 3. The molecular formula is C13H19ClIN3O. The first-order chi connectivity index (χ1) is 8.65. The topological polar surface area (TPSA) is 44.4 Å². The molecule has 0 saturated carbocycles. The molecule has 0 unspecified atom stereocenters. The molecule has 0 aliphatic carbocycles. The number of nitrogens with one attached hydrogen (secondary N) is 2. The number of benzene rings is 1. The molecule has 0 aromatic heterocycles. The number of nitrogens with zero attached hydrogens (tertiary/aromatic N) is 1. The van der Waals surface area contributed by atoms with Gasteiger partial charge in [-0.3, -0.25) is 9.69 Å². The Morgan fingerprint density at radius 2 is 2.37 bits per heavy atom. The van der Waals surface area contributed by atoms with Gasteiger partial charge in [0.25, 0.3) is 0 Å². The van der Waals surface area contributed by atoms with Crippen LogP contribution in [-0.2, 0) is 4.79 Å². The highest BCUT2D eigenvalue weighted by Gasteiger charge is 2.20. The summed E-state index contributed by atoms with van der Waals surface area (Å²) in [5.74, 6) is 0.0609. The van der Waals surface area contributed by atoms with E-state index in [0.717, 1.165) is 28.9 Å². The van der Waals surface area contributed by atoms with Crippen molar-refractivity contribution in [1.29, 1.82) is 0 Å². The van der Waals surface area contributed by atoms with Crippen LogP contribution in [0.25, 0.3) is 0 Å². The van der Waals surface area contributed by atoms with E-state index in [1.54, 1.807) is 0 Å². The Hall–Kier alpha value is -0.370. The lowest BCUT2D eigenvalue weighted by atomic mass is 10.2. The first kappa shape index (κ1) is 16.7. The second kappa shape index (κ2) is 8.04. The minimum atomic E-state index is 0. The quantitative estimate of drug-likeness (QED) is 0.769. The highest BCUT2D eigenvalue weighted by molar-refractivity contribution is 14.1. The lowest BCUT2D eigenvalue weighted by Crippen LogP contribution is -2.51. The second-order valence-corrected chi connectivity index (χ2v) is 5.83. The molecule has 1 aromatic carbocycles. The zero-order valence-corrected chi connectivity index (χ0v) is 13.8. The van der Waals surface area contributed by atoms with Crippen LogP contribution in [0.3, 0.4) is 0 Å². The fourth-order valence-corrected chi connectivity index (χ4v) is 2.61. The highest BCUT2D eigenvalue weighted by atomic mass is 127. The average Bonchev–Trinajstić information content (AvgIpc) is 2.32. The number of hydrogen-bond acceptors (Lipinski definition) is 3. The molecular weight excluding hydrogens is 377 g/mol. The number of piperazine rings is 1. The summed E-state index contributed by atoms with van der Waals surface area (Å²) in [6, 6.07) is 8.26. The van der Waals surface area contributed by atoms with E-state index in [-0.39, 0.29) is 18.3 Å². The molecule has 1 atom stereocenters. The summed E-state index contributed by atoms with van der Waals surface area (Å²) in [4.78, 5) is 14.2. The van der Waals surface area contributed by atoms with Gasteiger partial charge >= 0.3 is 0 Å². The number of hydrogen-bond donors (Lipinski definition) is 2. The van der Waals surface area contributed by atoms with Crippen LogP contribution in [0.2, 0.25) is 0 Å². The predicted molar refractivity (Wildman–Crippen MR) is 88.9 cm³/mol. The third-order valence-corrected chi connectivity index (χ3v) is 3.76. The van der Waals surface area contributed by atoms with Crippen molar-refractivity contribution in [2.24, 2.45) is 0 Å². The molecule has 1 aliphatic heterocycles. The second-order valence-electron chi connectivity index (χ2n) is 4.58. The molecule has 0 radical (unpaired) electrons. The molecule has 1 aliphatic rings. The first-order valence-corrected chi connectivity index (χ1v) is 7.23.